The Kier molecular flexibility index (Phi) is 10.4. The Morgan fingerprint density at radius 2 is 1.00 bits per heavy atom. The van der Waals surface area contributed by atoms with Crippen molar-refractivity contribution in [3.8, 4) is 45.5 Å². The Labute approximate surface area is 208 Å². The van der Waals surface area contributed by atoms with E-state index < -0.39 is 0 Å². The molecule has 0 aliphatic carbocycles. The van der Waals surface area contributed by atoms with Crippen molar-refractivity contribution in [2.45, 2.75) is 0 Å². The summed E-state index contributed by atoms with van der Waals surface area (Å²) < 4.78 is 20.5. The molecule has 0 fully saturated rings. The molecule has 33 heavy (non-hydrogen) atoms. The monoisotopic (exact) mass is 623 g/mol. The van der Waals surface area contributed by atoms with E-state index >= 15 is 0 Å². The molecule has 6 nitrogen and oxygen atoms in total. The molecule has 2 aromatic heterocycles. The van der Waals surface area contributed by atoms with Crippen LogP contribution >= 0.6 is 0 Å². The van der Waals surface area contributed by atoms with Crippen LogP contribution in [0, 0.1) is 12.1 Å². The second kappa shape index (κ2) is 13.2. The predicted molar refractivity (Wildman–Crippen MR) is 123 cm³/mol. The van der Waals surface area contributed by atoms with E-state index in [1.54, 1.807) is 40.8 Å². The molecular weight excluding hydrogens is 599 g/mol. The third-order valence-corrected chi connectivity index (χ3v) is 4.46. The quantitative estimate of drug-likeness (QED) is 0.278. The van der Waals surface area contributed by atoms with Gasteiger partial charge in [0.05, 0.1) is 28.4 Å². The normalized spacial score (nSPS) is 9.58. The van der Waals surface area contributed by atoms with Crippen LogP contribution in [0.5, 0.6) is 23.0 Å². The van der Waals surface area contributed by atoms with Crippen molar-refractivity contribution in [3.63, 3.8) is 0 Å². The van der Waals surface area contributed by atoms with Crippen LogP contribution in [0.25, 0.3) is 22.5 Å². The van der Waals surface area contributed by atoms with Gasteiger partial charge < -0.3 is 28.9 Å². The number of rotatable bonds is 6. The van der Waals surface area contributed by atoms with Gasteiger partial charge in [-0.3, -0.25) is 0 Å². The van der Waals surface area contributed by atoms with Gasteiger partial charge in [0, 0.05) is 23.9 Å². The summed E-state index contributed by atoms with van der Waals surface area (Å²) in [4.78, 5) is 8.53. The molecule has 0 amide bonds. The van der Waals surface area contributed by atoms with E-state index in [4.69, 9.17) is 18.9 Å². The van der Waals surface area contributed by atoms with E-state index in [2.05, 4.69) is 22.1 Å². The smallest absolute Gasteiger partial charge is 0.516 e. The van der Waals surface area contributed by atoms with Gasteiger partial charge in [0.2, 0.25) is 0 Å². The van der Waals surface area contributed by atoms with Gasteiger partial charge in [-0.2, -0.15) is 0 Å². The summed E-state index contributed by atoms with van der Waals surface area (Å²) in [6.45, 7) is 0. The molecule has 0 N–H and O–H groups in total. The van der Waals surface area contributed by atoms with E-state index in [0.29, 0.717) is 11.5 Å². The summed E-state index contributed by atoms with van der Waals surface area (Å²) >= 11 is 0. The fraction of sp³-hybridized carbons (Fsp3) is 0.154. The van der Waals surface area contributed by atoms with Crippen LogP contribution in [-0.2, 0) is 21.1 Å². The summed E-state index contributed by atoms with van der Waals surface area (Å²) in [6.07, 6.45) is 3.42. The van der Waals surface area contributed by atoms with Crippen LogP contribution in [0.1, 0.15) is 0 Å². The van der Waals surface area contributed by atoms with E-state index in [0.717, 1.165) is 34.0 Å². The van der Waals surface area contributed by atoms with Crippen LogP contribution in [0.15, 0.2) is 73.1 Å². The maximum atomic E-state index is 5.15. The maximum absolute atomic E-state index is 5.15. The number of nitrogens with zero attached hydrogens (tertiary/aromatic N) is 2. The van der Waals surface area contributed by atoms with Crippen LogP contribution in [0.4, 0.5) is 0 Å². The number of hydrogen-bond acceptors (Lipinski definition) is 6. The predicted octanol–water partition coefficient (Wildman–Crippen LogP) is 5.13. The van der Waals surface area contributed by atoms with Gasteiger partial charge in [0.1, 0.15) is 11.5 Å². The van der Waals surface area contributed by atoms with Gasteiger partial charge in [-0.1, -0.05) is 12.1 Å². The molecule has 2 heterocycles. The number of ether oxygens (including phenoxy) is 4. The molecule has 0 spiro atoms. The van der Waals surface area contributed by atoms with Gasteiger partial charge in [-0.05, 0) is 35.7 Å². The molecule has 172 valence electrons. The number of aromatic nitrogens is 2. The summed E-state index contributed by atoms with van der Waals surface area (Å²) in [5.74, 6) is 2.95. The summed E-state index contributed by atoms with van der Waals surface area (Å²) in [5.41, 5.74) is 3.41. The average Bonchev–Trinajstić information content (AvgIpc) is 2.89. The third-order valence-electron chi connectivity index (χ3n) is 4.46. The first kappa shape index (κ1) is 25.9. The van der Waals surface area contributed by atoms with Crippen molar-refractivity contribution in [1.29, 1.82) is 0 Å². The average molecular weight is 624 g/mol. The molecule has 0 saturated carbocycles. The molecule has 0 unspecified atom stereocenters. The summed E-state index contributed by atoms with van der Waals surface area (Å²) in [6, 6.07) is 25.0. The Bertz CT molecular complexity index is 972. The molecule has 2 aromatic carbocycles. The molecule has 0 aliphatic heterocycles. The van der Waals surface area contributed by atoms with Crippen molar-refractivity contribution < 1.29 is 40.0 Å². The number of benzene rings is 2. The van der Waals surface area contributed by atoms with Crippen LogP contribution in [0.3, 0.4) is 0 Å². The molecule has 0 saturated heterocycles. The van der Waals surface area contributed by atoms with Crippen molar-refractivity contribution in [2.75, 3.05) is 28.4 Å². The van der Waals surface area contributed by atoms with Crippen molar-refractivity contribution in [3.05, 3.63) is 85.2 Å². The molecule has 0 aliphatic rings. The molecule has 4 aromatic rings. The fourth-order valence-electron chi connectivity index (χ4n) is 2.80. The van der Waals surface area contributed by atoms with E-state index in [9.17, 15) is 0 Å². The zero-order valence-corrected chi connectivity index (χ0v) is 21.0. The van der Waals surface area contributed by atoms with Crippen molar-refractivity contribution in [1.82, 2.24) is 9.97 Å². The number of methoxy groups -OCH3 is 4. The summed E-state index contributed by atoms with van der Waals surface area (Å²) in [5, 5.41) is 0. The Morgan fingerprint density at radius 1 is 0.576 bits per heavy atom. The second-order valence-corrected chi connectivity index (χ2v) is 6.43. The minimum atomic E-state index is 0. The molecule has 0 radical (unpaired) electrons. The minimum Gasteiger partial charge on any atom is -0.516 e. The topological polar surface area (TPSA) is 62.7 Å². The zero-order valence-electron chi connectivity index (χ0n) is 18.8. The van der Waals surface area contributed by atoms with E-state index in [1.165, 1.54) is 0 Å². The molecule has 7 heteroatoms. The third kappa shape index (κ3) is 7.33. The largest absolute Gasteiger partial charge is 2.00 e. The molecular formula is C26H24N2O4Pt. The summed E-state index contributed by atoms with van der Waals surface area (Å²) in [7, 11) is 6.51. The van der Waals surface area contributed by atoms with Gasteiger partial charge in [-0.25, -0.2) is 0 Å². The first-order valence-corrected chi connectivity index (χ1v) is 9.80. The molecule has 0 atom stereocenters. The fourth-order valence-corrected chi connectivity index (χ4v) is 2.80. The second-order valence-electron chi connectivity index (χ2n) is 6.43. The van der Waals surface area contributed by atoms with Crippen LogP contribution in [0.2, 0.25) is 0 Å². The Hall–Kier alpha value is -3.37. The van der Waals surface area contributed by atoms with Gasteiger partial charge in [0.25, 0.3) is 0 Å². The van der Waals surface area contributed by atoms with Crippen LogP contribution < -0.4 is 18.9 Å². The van der Waals surface area contributed by atoms with E-state index in [-0.39, 0.29) is 21.1 Å². The van der Waals surface area contributed by atoms with Gasteiger partial charge >= 0.3 is 21.1 Å². The van der Waals surface area contributed by atoms with Crippen molar-refractivity contribution >= 4 is 0 Å². The van der Waals surface area contributed by atoms with Crippen molar-refractivity contribution in [2.24, 2.45) is 0 Å². The standard InChI is InChI=1S/2C13H12NO2.Pt/c2*1-15-11-5-3-4-10(8-11)13-9-12(16-2)6-7-14-13;/h2*3-7,9H,1-2H3;/q2*-1;+2. The Balaban J connectivity index is 0.000000227. The number of pyridine rings is 2. The van der Waals surface area contributed by atoms with Gasteiger partial charge in [-0.15, -0.1) is 47.5 Å². The first-order valence-electron chi connectivity index (χ1n) is 9.80. The maximum Gasteiger partial charge on any atom is 2.00 e. The molecule has 4 rings (SSSR count). The molecule has 0 bridgehead atoms. The van der Waals surface area contributed by atoms with Gasteiger partial charge in [0.15, 0.2) is 0 Å². The van der Waals surface area contributed by atoms with Crippen LogP contribution in [-0.4, -0.2) is 38.4 Å². The zero-order chi connectivity index (χ0) is 22.8. The number of hydrogen-bond donors (Lipinski definition) is 0. The first-order chi connectivity index (χ1) is 15.7. The Morgan fingerprint density at radius 3 is 1.36 bits per heavy atom. The minimum absolute atomic E-state index is 0. The van der Waals surface area contributed by atoms with E-state index in [1.807, 2.05) is 60.7 Å². The SMILES string of the molecule is COc1[c-]c(-c2cc(OC)ccn2)ccc1.COc1[c-]c(-c2cc(OC)ccn2)ccc1.[Pt+2].